The third kappa shape index (κ3) is 2.64. The van der Waals surface area contributed by atoms with Gasteiger partial charge in [-0.2, -0.15) is 0 Å². The topological polar surface area (TPSA) is 54.0 Å². The highest BCUT2D eigenvalue weighted by Crippen LogP contribution is 2.45. The average molecular weight is 267 g/mol. The third-order valence-electron chi connectivity index (χ3n) is 3.58. The Morgan fingerprint density at radius 1 is 1.15 bits per heavy atom. The van der Waals surface area contributed by atoms with Crippen molar-refractivity contribution in [3.63, 3.8) is 0 Å². The molecule has 1 aromatic heterocycles. The SMILES string of the molecule is Cc1ccc(NC(=O)NC2(c3ccccc3)CC2)nc1. The Labute approximate surface area is 118 Å². The molecule has 0 saturated heterocycles. The molecule has 0 radical (unpaired) electrons. The van der Waals surface area contributed by atoms with Gasteiger partial charge in [0.05, 0.1) is 5.54 Å². The Hall–Kier alpha value is -2.36. The summed E-state index contributed by atoms with van der Waals surface area (Å²) in [5.74, 6) is 0.567. The van der Waals surface area contributed by atoms with E-state index in [1.54, 1.807) is 12.3 Å². The van der Waals surface area contributed by atoms with Crippen molar-refractivity contribution in [3.05, 3.63) is 59.8 Å². The van der Waals surface area contributed by atoms with Crippen LogP contribution < -0.4 is 10.6 Å². The Kier molecular flexibility index (Phi) is 3.14. The highest BCUT2D eigenvalue weighted by Gasteiger charge is 2.45. The molecule has 3 rings (SSSR count). The van der Waals surface area contributed by atoms with Crippen molar-refractivity contribution in [2.75, 3.05) is 5.32 Å². The first-order valence-electron chi connectivity index (χ1n) is 6.75. The van der Waals surface area contributed by atoms with Gasteiger partial charge in [0.15, 0.2) is 0 Å². The van der Waals surface area contributed by atoms with Gasteiger partial charge in [0.1, 0.15) is 5.82 Å². The largest absolute Gasteiger partial charge is 0.328 e. The molecule has 0 atom stereocenters. The first-order valence-corrected chi connectivity index (χ1v) is 6.75. The molecular weight excluding hydrogens is 250 g/mol. The standard InChI is InChI=1S/C16H17N3O/c1-12-7-8-14(17-11-12)18-15(20)19-16(9-10-16)13-5-3-2-4-6-13/h2-8,11H,9-10H2,1H3,(H2,17,18,19,20). The number of pyridine rings is 1. The number of urea groups is 1. The summed E-state index contributed by atoms with van der Waals surface area (Å²) < 4.78 is 0. The van der Waals surface area contributed by atoms with Gasteiger partial charge in [-0.25, -0.2) is 9.78 Å². The second-order valence-corrected chi connectivity index (χ2v) is 5.25. The smallest absolute Gasteiger partial charge is 0.321 e. The predicted molar refractivity (Wildman–Crippen MR) is 78.5 cm³/mol. The second-order valence-electron chi connectivity index (χ2n) is 5.25. The molecule has 1 heterocycles. The molecule has 20 heavy (non-hydrogen) atoms. The fourth-order valence-electron chi connectivity index (χ4n) is 2.27. The molecule has 2 N–H and O–H groups in total. The van der Waals surface area contributed by atoms with Crippen molar-refractivity contribution >= 4 is 11.8 Å². The zero-order valence-corrected chi connectivity index (χ0v) is 11.4. The number of rotatable bonds is 3. The maximum absolute atomic E-state index is 12.1. The first kappa shape index (κ1) is 12.7. The minimum atomic E-state index is -0.206. The van der Waals surface area contributed by atoms with Crippen LogP contribution >= 0.6 is 0 Å². The van der Waals surface area contributed by atoms with Crippen molar-refractivity contribution in [2.45, 2.75) is 25.3 Å². The molecule has 0 bridgehead atoms. The van der Waals surface area contributed by atoms with E-state index in [1.165, 1.54) is 0 Å². The van der Waals surface area contributed by atoms with Crippen LogP contribution in [0.5, 0.6) is 0 Å². The molecule has 1 fully saturated rings. The molecule has 0 spiro atoms. The number of hydrogen-bond acceptors (Lipinski definition) is 2. The number of carbonyl (C=O) groups excluding carboxylic acids is 1. The predicted octanol–water partition coefficient (Wildman–Crippen LogP) is 3.20. The summed E-state index contributed by atoms with van der Waals surface area (Å²) in [5.41, 5.74) is 2.03. The number of nitrogens with one attached hydrogen (secondary N) is 2. The molecule has 1 aromatic carbocycles. The molecule has 0 aliphatic heterocycles. The summed E-state index contributed by atoms with van der Waals surface area (Å²) in [6, 6.07) is 13.6. The van der Waals surface area contributed by atoms with Crippen LogP contribution in [-0.4, -0.2) is 11.0 Å². The molecule has 2 aromatic rings. The van der Waals surface area contributed by atoms with Crippen LogP contribution in [0, 0.1) is 6.92 Å². The van der Waals surface area contributed by atoms with E-state index in [0.717, 1.165) is 24.0 Å². The zero-order chi connectivity index (χ0) is 14.0. The van der Waals surface area contributed by atoms with E-state index >= 15 is 0 Å². The van der Waals surface area contributed by atoms with E-state index in [0.29, 0.717) is 5.82 Å². The quantitative estimate of drug-likeness (QED) is 0.897. The van der Waals surface area contributed by atoms with Gasteiger partial charge < -0.3 is 5.32 Å². The Morgan fingerprint density at radius 2 is 1.90 bits per heavy atom. The highest BCUT2D eigenvalue weighted by molar-refractivity contribution is 5.89. The van der Waals surface area contributed by atoms with Crippen LogP contribution in [0.15, 0.2) is 48.7 Å². The van der Waals surface area contributed by atoms with Gasteiger partial charge in [0, 0.05) is 6.20 Å². The van der Waals surface area contributed by atoms with Crippen LogP contribution in [0.3, 0.4) is 0 Å². The van der Waals surface area contributed by atoms with Gasteiger partial charge in [-0.15, -0.1) is 0 Å². The van der Waals surface area contributed by atoms with Crippen molar-refractivity contribution in [2.24, 2.45) is 0 Å². The van der Waals surface area contributed by atoms with Crippen molar-refractivity contribution in [1.29, 1.82) is 0 Å². The molecule has 2 amide bonds. The van der Waals surface area contributed by atoms with E-state index in [2.05, 4.69) is 27.8 Å². The minimum absolute atomic E-state index is 0.198. The summed E-state index contributed by atoms with van der Waals surface area (Å²) in [5, 5.41) is 5.83. The lowest BCUT2D eigenvalue weighted by Crippen LogP contribution is -2.38. The Bertz CT molecular complexity index is 603. The maximum atomic E-state index is 12.1. The number of amides is 2. The second kappa shape index (κ2) is 4.96. The number of benzene rings is 1. The lowest BCUT2D eigenvalue weighted by molar-refractivity contribution is 0.247. The summed E-state index contributed by atoms with van der Waals surface area (Å²) in [7, 11) is 0. The summed E-state index contributed by atoms with van der Waals surface area (Å²) in [6.45, 7) is 1.96. The number of nitrogens with zero attached hydrogens (tertiary/aromatic N) is 1. The molecule has 0 unspecified atom stereocenters. The highest BCUT2D eigenvalue weighted by atomic mass is 16.2. The van der Waals surface area contributed by atoms with Gasteiger partial charge >= 0.3 is 6.03 Å². The maximum Gasteiger partial charge on any atom is 0.321 e. The molecule has 1 aliphatic carbocycles. The Morgan fingerprint density at radius 3 is 2.50 bits per heavy atom. The molecular formula is C16H17N3O. The van der Waals surface area contributed by atoms with E-state index in [-0.39, 0.29) is 11.6 Å². The van der Waals surface area contributed by atoms with Gasteiger partial charge in [0.25, 0.3) is 0 Å². The molecule has 1 aliphatic rings. The van der Waals surface area contributed by atoms with Gasteiger partial charge in [-0.1, -0.05) is 36.4 Å². The van der Waals surface area contributed by atoms with Crippen molar-refractivity contribution < 1.29 is 4.79 Å². The number of aromatic nitrogens is 1. The molecule has 4 heteroatoms. The molecule has 4 nitrogen and oxygen atoms in total. The minimum Gasteiger partial charge on any atom is -0.328 e. The van der Waals surface area contributed by atoms with Crippen LogP contribution in [0.1, 0.15) is 24.0 Å². The van der Waals surface area contributed by atoms with Crippen molar-refractivity contribution in [1.82, 2.24) is 10.3 Å². The summed E-state index contributed by atoms with van der Waals surface area (Å²) >= 11 is 0. The number of aryl methyl sites for hydroxylation is 1. The van der Waals surface area contributed by atoms with Gasteiger partial charge in [-0.3, -0.25) is 5.32 Å². The fraction of sp³-hybridized carbons (Fsp3) is 0.250. The van der Waals surface area contributed by atoms with E-state index < -0.39 is 0 Å². The number of hydrogen-bond donors (Lipinski definition) is 2. The lowest BCUT2D eigenvalue weighted by atomic mass is 10.1. The van der Waals surface area contributed by atoms with Gasteiger partial charge in [0.2, 0.25) is 0 Å². The van der Waals surface area contributed by atoms with Crippen LogP contribution in [0.25, 0.3) is 0 Å². The normalized spacial score (nSPS) is 15.4. The zero-order valence-electron chi connectivity index (χ0n) is 11.4. The monoisotopic (exact) mass is 267 g/mol. The average Bonchev–Trinajstić information content (AvgIpc) is 3.23. The summed E-state index contributed by atoms with van der Waals surface area (Å²) in [4.78, 5) is 16.2. The Balaban J connectivity index is 1.66. The van der Waals surface area contributed by atoms with Crippen LogP contribution in [0.2, 0.25) is 0 Å². The fourth-order valence-corrected chi connectivity index (χ4v) is 2.27. The number of carbonyl (C=O) groups is 1. The van der Waals surface area contributed by atoms with E-state index in [9.17, 15) is 4.79 Å². The lowest BCUT2D eigenvalue weighted by Gasteiger charge is -2.18. The van der Waals surface area contributed by atoms with E-state index in [4.69, 9.17) is 0 Å². The van der Waals surface area contributed by atoms with Crippen molar-refractivity contribution in [3.8, 4) is 0 Å². The summed E-state index contributed by atoms with van der Waals surface area (Å²) in [6.07, 6.45) is 3.69. The van der Waals surface area contributed by atoms with E-state index in [1.807, 2.05) is 31.2 Å². The van der Waals surface area contributed by atoms with Crippen LogP contribution in [-0.2, 0) is 5.54 Å². The molecule has 102 valence electrons. The first-order chi connectivity index (χ1) is 9.68. The third-order valence-corrected chi connectivity index (χ3v) is 3.58. The van der Waals surface area contributed by atoms with Crippen LogP contribution in [0.4, 0.5) is 10.6 Å². The van der Waals surface area contributed by atoms with Gasteiger partial charge in [-0.05, 0) is 37.0 Å². The molecule has 1 saturated carbocycles. The number of anilines is 1.